The van der Waals surface area contributed by atoms with E-state index in [9.17, 15) is 0 Å². The van der Waals surface area contributed by atoms with Crippen LogP contribution in [0.25, 0.3) is 43.4 Å². The fourth-order valence-electron chi connectivity index (χ4n) is 8.84. The van der Waals surface area contributed by atoms with Gasteiger partial charge in [-0.2, -0.15) is 0 Å². The van der Waals surface area contributed by atoms with Crippen molar-refractivity contribution >= 4 is 89.5 Å². The van der Waals surface area contributed by atoms with Gasteiger partial charge in [-0.1, -0.05) is 152 Å². The van der Waals surface area contributed by atoms with E-state index in [1.807, 2.05) is 0 Å². The average Bonchev–Trinajstić information content (AvgIpc) is 3.20. The molecule has 0 amide bonds. The highest BCUT2D eigenvalue weighted by Crippen LogP contribution is 2.49. The van der Waals surface area contributed by atoms with Crippen molar-refractivity contribution in [1.82, 2.24) is 0 Å². The van der Waals surface area contributed by atoms with Gasteiger partial charge in [0, 0.05) is 44.9 Å². The maximum absolute atomic E-state index is 2.54. The molecule has 2 nitrogen and oxygen atoms in total. The number of benzene rings is 9. The van der Waals surface area contributed by atoms with E-state index in [4.69, 9.17) is 0 Å². The Morgan fingerprint density at radius 3 is 1.31 bits per heavy atom. The molecule has 11 rings (SSSR count). The molecular formula is C48H31BN2. The minimum absolute atomic E-state index is 0.0377. The quantitative estimate of drug-likeness (QED) is 0.176. The summed E-state index contributed by atoms with van der Waals surface area (Å²) in [6.07, 6.45) is 0. The maximum atomic E-state index is 2.54. The van der Waals surface area contributed by atoms with Crippen molar-refractivity contribution in [2.24, 2.45) is 0 Å². The summed E-state index contributed by atoms with van der Waals surface area (Å²) >= 11 is 0. The molecule has 51 heavy (non-hydrogen) atoms. The molecule has 3 heteroatoms. The molecule has 0 radical (unpaired) electrons. The molecule has 0 aromatic heterocycles. The minimum Gasteiger partial charge on any atom is -0.311 e. The largest absolute Gasteiger partial charge is 0.311 e. The highest BCUT2D eigenvalue weighted by Gasteiger charge is 2.44. The second-order valence-corrected chi connectivity index (χ2v) is 13.7. The highest BCUT2D eigenvalue weighted by molar-refractivity contribution is 7.00. The molecule has 0 spiro atoms. The first-order valence-corrected chi connectivity index (χ1v) is 17.7. The number of anilines is 6. The number of rotatable bonds is 3. The van der Waals surface area contributed by atoms with Crippen molar-refractivity contribution in [3.05, 3.63) is 188 Å². The van der Waals surface area contributed by atoms with E-state index in [1.54, 1.807) is 0 Å². The molecule has 0 fully saturated rings. The van der Waals surface area contributed by atoms with Crippen LogP contribution in [0, 0.1) is 0 Å². The summed E-state index contributed by atoms with van der Waals surface area (Å²) in [6.45, 7) is 0.0377. The van der Waals surface area contributed by atoms with Crippen LogP contribution in [0.4, 0.5) is 34.1 Å². The van der Waals surface area contributed by atoms with Crippen LogP contribution in [0.15, 0.2) is 188 Å². The van der Waals surface area contributed by atoms with Crippen LogP contribution in [0.3, 0.4) is 0 Å². The molecule has 0 saturated heterocycles. The minimum atomic E-state index is 0.0377. The summed E-state index contributed by atoms with van der Waals surface area (Å²) in [5.74, 6) is 0. The lowest BCUT2D eigenvalue weighted by atomic mass is 9.33. The van der Waals surface area contributed by atoms with Crippen molar-refractivity contribution in [1.29, 1.82) is 0 Å². The lowest BCUT2D eigenvalue weighted by molar-refractivity contribution is 1.27. The third-order valence-corrected chi connectivity index (χ3v) is 11.0. The van der Waals surface area contributed by atoms with Crippen LogP contribution in [-0.4, -0.2) is 6.71 Å². The van der Waals surface area contributed by atoms with Crippen molar-refractivity contribution in [2.45, 2.75) is 0 Å². The summed E-state index contributed by atoms with van der Waals surface area (Å²) < 4.78 is 0. The van der Waals surface area contributed by atoms with Crippen LogP contribution in [-0.2, 0) is 0 Å². The molecule has 0 atom stereocenters. The van der Waals surface area contributed by atoms with E-state index in [0.29, 0.717) is 0 Å². The SMILES string of the molecule is c1ccc(N2c3cc(-c4cccc5ccccc45)cc4c3B(c3ccc5ccccc5c32)c2ccc3ccccc3c2N4c2ccccc2)cc1. The second-order valence-electron chi connectivity index (χ2n) is 13.7. The maximum Gasteiger partial charge on any atom is 0.252 e. The number of nitrogens with zero attached hydrogens (tertiary/aromatic N) is 2. The molecule has 9 aromatic rings. The van der Waals surface area contributed by atoms with Crippen LogP contribution in [0.2, 0.25) is 0 Å². The van der Waals surface area contributed by atoms with E-state index in [1.165, 1.54) is 82.6 Å². The molecule has 2 aliphatic heterocycles. The smallest absolute Gasteiger partial charge is 0.252 e. The number of hydrogen-bond donors (Lipinski definition) is 0. The summed E-state index contributed by atoms with van der Waals surface area (Å²) in [7, 11) is 0. The third-order valence-electron chi connectivity index (χ3n) is 11.0. The Balaban J connectivity index is 1.34. The Morgan fingerprint density at radius 1 is 0.353 bits per heavy atom. The molecule has 236 valence electrons. The summed E-state index contributed by atoms with van der Waals surface area (Å²) in [5.41, 5.74) is 13.7. The van der Waals surface area contributed by atoms with Crippen molar-refractivity contribution in [3.63, 3.8) is 0 Å². The molecular weight excluding hydrogens is 615 g/mol. The van der Waals surface area contributed by atoms with Gasteiger partial charge in [0.15, 0.2) is 0 Å². The Kier molecular flexibility index (Phi) is 6.08. The van der Waals surface area contributed by atoms with Gasteiger partial charge in [0.05, 0.1) is 0 Å². The normalized spacial score (nSPS) is 13.0. The van der Waals surface area contributed by atoms with Gasteiger partial charge in [0.2, 0.25) is 0 Å². The van der Waals surface area contributed by atoms with Crippen molar-refractivity contribution in [2.75, 3.05) is 9.80 Å². The van der Waals surface area contributed by atoms with E-state index in [0.717, 1.165) is 11.4 Å². The van der Waals surface area contributed by atoms with Crippen LogP contribution >= 0.6 is 0 Å². The predicted molar refractivity (Wildman–Crippen MR) is 218 cm³/mol. The highest BCUT2D eigenvalue weighted by atomic mass is 15.2. The van der Waals surface area contributed by atoms with Gasteiger partial charge in [-0.3, -0.25) is 0 Å². The first kappa shape index (κ1) is 28.3. The average molecular weight is 647 g/mol. The Labute approximate surface area is 297 Å². The molecule has 0 bridgehead atoms. The van der Waals surface area contributed by atoms with Gasteiger partial charge in [-0.15, -0.1) is 0 Å². The lowest BCUT2D eigenvalue weighted by Gasteiger charge is -2.45. The zero-order valence-corrected chi connectivity index (χ0v) is 27.9. The van der Waals surface area contributed by atoms with Crippen molar-refractivity contribution < 1.29 is 0 Å². The molecule has 2 aliphatic rings. The van der Waals surface area contributed by atoms with Gasteiger partial charge in [-0.05, 0) is 85.5 Å². The van der Waals surface area contributed by atoms with Crippen LogP contribution < -0.4 is 26.2 Å². The number of fused-ring (bicyclic) bond motifs is 9. The Hall–Kier alpha value is -6.58. The molecule has 9 aromatic carbocycles. The van der Waals surface area contributed by atoms with E-state index in [2.05, 4.69) is 198 Å². The molecule has 2 heterocycles. The fraction of sp³-hybridized carbons (Fsp3) is 0. The van der Waals surface area contributed by atoms with Gasteiger partial charge in [-0.25, -0.2) is 0 Å². The second kappa shape index (κ2) is 11.0. The Bertz CT molecular complexity index is 2670. The number of para-hydroxylation sites is 2. The monoisotopic (exact) mass is 646 g/mol. The molecule has 0 N–H and O–H groups in total. The molecule has 0 saturated carbocycles. The van der Waals surface area contributed by atoms with Crippen molar-refractivity contribution in [3.8, 4) is 11.1 Å². The first-order chi connectivity index (χ1) is 25.3. The third kappa shape index (κ3) is 4.12. The topological polar surface area (TPSA) is 6.48 Å². The lowest BCUT2D eigenvalue weighted by Crippen LogP contribution is -2.61. The first-order valence-electron chi connectivity index (χ1n) is 17.7. The van der Waals surface area contributed by atoms with Gasteiger partial charge in [0.1, 0.15) is 0 Å². The van der Waals surface area contributed by atoms with Crippen LogP contribution in [0.1, 0.15) is 0 Å². The molecule has 0 unspecified atom stereocenters. The number of hydrogen-bond acceptors (Lipinski definition) is 2. The fourth-order valence-corrected chi connectivity index (χ4v) is 8.84. The van der Waals surface area contributed by atoms with Gasteiger partial charge >= 0.3 is 0 Å². The Morgan fingerprint density at radius 2 is 0.784 bits per heavy atom. The van der Waals surface area contributed by atoms with E-state index in [-0.39, 0.29) is 6.71 Å². The summed E-state index contributed by atoms with van der Waals surface area (Å²) in [6, 6.07) is 69.4. The van der Waals surface area contributed by atoms with E-state index < -0.39 is 0 Å². The predicted octanol–water partition coefficient (Wildman–Crippen LogP) is 10.9. The zero-order chi connectivity index (χ0) is 33.5. The summed E-state index contributed by atoms with van der Waals surface area (Å²) in [5, 5.41) is 7.50. The van der Waals surface area contributed by atoms with Crippen LogP contribution in [0.5, 0.6) is 0 Å². The standard InChI is InChI=1S/C48H31BN2/c1-3-18-36(19-4-1)50-44-30-35(39-25-13-17-32-14-7-10-22-38(32)39)31-45-46(44)49(42-28-26-33-15-8-11-23-40(33)47(42)50)43-29-27-34-16-9-12-24-41(34)48(43)51(45)37-20-5-2-6-21-37/h1-31H. The zero-order valence-electron chi connectivity index (χ0n) is 27.9. The summed E-state index contributed by atoms with van der Waals surface area (Å²) in [4.78, 5) is 5.08. The van der Waals surface area contributed by atoms with Gasteiger partial charge < -0.3 is 9.80 Å². The molecule has 0 aliphatic carbocycles. The van der Waals surface area contributed by atoms with E-state index >= 15 is 0 Å². The van der Waals surface area contributed by atoms with Gasteiger partial charge in [0.25, 0.3) is 6.71 Å².